The van der Waals surface area contributed by atoms with Crippen molar-refractivity contribution in [1.29, 1.82) is 0 Å². The van der Waals surface area contributed by atoms with Crippen LogP contribution in [0.2, 0.25) is 0 Å². The summed E-state index contributed by atoms with van der Waals surface area (Å²) in [5, 5.41) is 3.37. The second kappa shape index (κ2) is 6.39. The topological polar surface area (TPSA) is 21.3 Å². The van der Waals surface area contributed by atoms with Gasteiger partial charge in [0, 0.05) is 5.56 Å². The van der Waals surface area contributed by atoms with E-state index in [0.29, 0.717) is 6.61 Å². The van der Waals surface area contributed by atoms with Gasteiger partial charge in [0.15, 0.2) is 0 Å². The molecular weight excluding hydrogens is 234 g/mol. The maximum Gasteiger partial charge on any atom is 0.124 e. The van der Waals surface area contributed by atoms with Crippen LogP contribution in [0.15, 0.2) is 48.5 Å². The molecule has 0 aliphatic rings. The Morgan fingerprint density at radius 3 is 2.37 bits per heavy atom. The summed E-state index contributed by atoms with van der Waals surface area (Å²) in [5.41, 5.74) is 3.70. The summed E-state index contributed by atoms with van der Waals surface area (Å²) in [6.07, 6.45) is 0. The lowest BCUT2D eigenvalue weighted by atomic mass is 9.97. The molecule has 0 fully saturated rings. The Morgan fingerprint density at radius 2 is 1.74 bits per heavy atom. The molecule has 0 aliphatic carbocycles. The predicted molar refractivity (Wildman–Crippen MR) is 79.7 cm³/mol. The molecule has 0 heterocycles. The Morgan fingerprint density at radius 1 is 1.05 bits per heavy atom. The minimum absolute atomic E-state index is 0.156. The van der Waals surface area contributed by atoms with E-state index in [0.717, 1.165) is 5.75 Å². The zero-order valence-electron chi connectivity index (χ0n) is 11.8. The van der Waals surface area contributed by atoms with E-state index < -0.39 is 0 Å². The lowest BCUT2D eigenvalue weighted by Crippen LogP contribution is -2.18. The van der Waals surface area contributed by atoms with Gasteiger partial charge in [0.2, 0.25) is 0 Å². The van der Waals surface area contributed by atoms with Crippen LogP contribution in [0.3, 0.4) is 0 Å². The molecule has 19 heavy (non-hydrogen) atoms. The Labute approximate surface area is 115 Å². The molecule has 2 aromatic carbocycles. The van der Waals surface area contributed by atoms with Crippen LogP contribution in [0.25, 0.3) is 0 Å². The average Bonchev–Trinajstić information content (AvgIpc) is 2.44. The van der Waals surface area contributed by atoms with E-state index in [1.54, 1.807) is 0 Å². The fourth-order valence-corrected chi connectivity index (χ4v) is 2.27. The molecule has 2 rings (SSSR count). The van der Waals surface area contributed by atoms with Gasteiger partial charge in [-0.3, -0.25) is 0 Å². The molecule has 1 atom stereocenters. The third kappa shape index (κ3) is 3.15. The summed E-state index contributed by atoms with van der Waals surface area (Å²) in [5.74, 6) is 0.949. The third-order valence-electron chi connectivity index (χ3n) is 3.23. The molecule has 1 N–H and O–H groups in total. The molecule has 0 saturated heterocycles. The molecule has 2 aromatic rings. The first-order valence-corrected chi connectivity index (χ1v) is 6.71. The Balaban J connectivity index is 2.39. The second-order valence-corrected chi connectivity index (χ2v) is 4.60. The highest BCUT2D eigenvalue weighted by molar-refractivity contribution is 5.42. The summed E-state index contributed by atoms with van der Waals surface area (Å²) in [7, 11) is 1.98. The van der Waals surface area contributed by atoms with E-state index >= 15 is 0 Å². The summed E-state index contributed by atoms with van der Waals surface area (Å²) in [4.78, 5) is 0. The number of hydrogen-bond acceptors (Lipinski definition) is 2. The SMILES string of the molecule is CCOc1ccccc1C(NC)c1ccc(C)cc1. The number of para-hydroxylation sites is 1. The van der Waals surface area contributed by atoms with E-state index in [1.807, 2.05) is 26.1 Å². The number of aryl methyl sites for hydroxylation is 1. The minimum Gasteiger partial charge on any atom is -0.494 e. The molecule has 2 heteroatoms. The number of benzene rings is 2. The van der Waals surface area contributed by atoms with Crippen LogP contribution >= 0.6 is 0 Å². The van der Waals surface area contributed by atoms with E-state index in [9.17, 15) is 0 Å². The number of ether oxygens (including phenoxy) is 1. The summed E-state index contributed by atoms with van der Waals surface area (Å²) >= 11 is 0. The highest BCUT2D eigenvalue weighted by Crippen LogP contribution is 2.29. The molecule has 2 nitrogen and oxygen atoms in total. The molecular formula is C17H21NO. The third-order valence-corrected chi connectivity index (χ3v) is 3.23. The van der Waals surface area contributed by atoms with Crippen LogP contribution in [-0.2, 0) is 0 Å². The van der Waals surface area contributed by atoms with Gasteiger partial charge in [-0.15, -0.1) is 0 Å². The zero-order valence-corrected chi connectivity index (χ0v) is 11.8. The minimum atomic E-state index is 0.156. The van der Waals surface area contributed by atoms with Crippen LogP contribution < -0.4 is 10.1 Å². The molecule has 1 unspecified atom stereocenters. The Bertz CT molecular complexity index is 519. The predicted octanol–water partition coefficient (Wildman–Crippen LogP) is 3.70. The zero-order chi connectivity index (χ0) is 13.7. The van der Waals surface area contributed by atoms with Gasteiger partial charge in [-0.05, 0) is 32.5 Å². The largest absolute Gasteiger partial charge is 0.494 e. The van der Waals surface area contributed by atoms with Crippen molar-refractivity contribution >= 4 is 0 Å². The van der Waals surface area contributed by atoms with Gasteiger partial charge in [-0.2, -0.15) is 0 Å². The molecule has 0 aromatic heterocycles. The maximum atomic E-state index is 5.73. The van der Waals surface area contributed by atoms with Crippen molar-refractivity contribution in [2.24, 2.45) is 0 Å². The summed E-state index contributed by atoms with van der Waals surface area (Å²) in [6, 6.07) is 17.0. The fourth-order valence-electron chi connectivity index (χ4n) is 2.27. The van der Waals surface area contributed by atoms with Gasteiger partial charge in [-0.25, -0.2) is 0 Å². The molecule has 0 bridgehead atoms. The molecule has 0 aliphatic heterocycles. The standard InChI is InChI=1S/C17H21NO/c1-4-19-16-8-6-5-7-15(16)17(18-3)14-11-9-13(2)10-12-14/h5-12,17-18H,4H2,1-3H3. The summed E-state index contributed by atoms with van der Waals surface area (Å²) in [6.45, 7) is 4.80. The van der Waals surface area contributed by atoms with Crippen LogP contribution in [-0.4, -0.2) is 13.7 Å². The number of rotatable bonds is 5. The van der Waals surface area contributed by atoms with Crippen molar-refractivity contribution in [3.8, 4) is 5.75 Å². The van der Waals surface area contributed by atoms with Gasteiger partial charge >= 0.3 is 0 Å². The van der Waals surface area contributed by atoms with Gasteiger partial charge in [0.25, 0.3) is 0 Å². The fraction of sp³-hybridized carbons (Fsp3) is 0.294. The second-order valence-electron chi connectivity index (χ2n) is 4.60. The number of hydrogen-bond donors (Lipinski definition) is 1. The monoisotopic (exact) mass is 255 g/mol. The van der Waals surface area contributed by atoms with Gasteiger partial charge in [-0.1, -0.05) is 48.0 Å². The first-order valence-electron chi connectivity index (χ1n) is 6.71. The highest BCUT2D eigenvalue weighted by Gasteiger charge is 2.15. The van der Waals surface area contributed by atoms with Crippen LogP contribution in [0, 0.1) is 6.92 Å². The molecule has 0 amide bonds. The van der Waals surface area contributed by atoms with E-state index in [-0.39, 0.29) is 6.04 Å². The first kappa shape index (κ1) is 13.6. The van der Waals surface area contributed by atoms with E-state index in [4.69, 9.17) is 4.74 Å². The normalized spacial score (nSPS) is 12.2. The van der Waals surface area contributed by atoms with Crippen molar-refractivity contribution in [3.05, 3.63) is 65.2 Å². The molecule has 100 valence electrons. The highest BCUT2D eigenvalue weighted by atomic mass is 16.5. The maximum absolute atomic E-state index is 5.73. The Kier molecular flexibility index (Phi) is 4.58. The smallest absolute Gasteiger partial charge is 0.124 e. The lowest BCUT2D eigenvalue weighted by molar-refractivity contribution is 0.334. The lowest BCUT2D eigenvalue weighted by Gasteiger charge is -2.20. The van der Waals surface area contributed by atoms with Gasteiger partial charge < -0.3 is 10.1 Å². The van der Waals surface area contributed by atoms with Crippen LogP contribution in [0.4, 0.5) is 0 Å². The van der Waals surface area contributed by atoms with Crippen molar-refractivity contribution in [1.82, 2.24) is 5.32 Å². The molecule has 0 saturated carbocycles. The molecule has 0 radical (unpaired) electrons. The number of nitrogens with one attached hydrogen (secondary N) is 1. The quantitative estimate of drug-likeness (QED) is 0.879. The first-order chi connectivity index (χ1) is 9.26. The van der Waals surface area contributed by atoms with Crippen molar-refractivity contribution in [2.75, 3.05) is 13.7 Å². The van der Waals surface area contributed by atoms with Crippen molar-refractivity contribution in [3.63, 3.8) is 0 Å². The van der Waals surface area contributed by atoms with Crippen molar-refractivity contribution in [2.45, 2.75) is 19.9 Å². The van der Waals surface area contributed by atoms with Crippen LogP contribution in [0.1, 0.15) is 29.7 Å². The van der Waals surface area contributed by atoms with E-state index in [1.165, 1.54) is 16.7 Å². The van der Waals surface area contributed by atoms with Crippen molar-refractivity contribution < 1.29 is 4.74 Å². The Hall–Kier alpha value is -1.80. The average molecular weight is 255 g/mol. The van der Waals surface area contributed by atoms with Crippen LogP contribution in [0.5, 0.6) is 5.75 Å². The van der Waals surface area contributed by atoms with E-state index in [2.05, 4.69) is 48.6 Å². The van der Waals surface area contributed by atoms with Gasteiger partial charge in [0.1, 0.15) is 5.75 Å². The van der Waals surface area contributed by atoms with Gasteiger partial charge in [0.05, 0.1) is 12.6 Å². The summed E-state index contributed by atoms with van der Waals surface area (Å²) < 4.78 is 5.73. The molecule has 0 spiro atoms.